The molecule has 35 heavy (non-hydrogen) atoms. The van der Waals surface area contributed by atoms with E-state index >= 15 is 0 Å². The van der Waals surface area contributed by atoms with Gasteiger partial charge in [0, 0.05) is 37.6 Å². The van der Waals surface area contributed by atoms with Crippen LogP contribution in [-0.4, -0.2) is 52.2 Å². The van der Waals surface area contributed by atoms with Gasteiger partial charge in [-0.3, -0.25) is 9.05 Å². The van der Waals surface area contributed by atoms with E-state index in [-0.39, 0.29) is 27.0 Å². The second-order valence-electron chi connectivity index (χ2n) is 6.42. The number of halogens is 4. The van der Waals surface area contributed by atoms with E-state index in [0.717, 1.165) is 5.56 Å². The minimum Gasteiger partial charge on any atom is -0.404 e. The molecule has 0 aromatic carbocycles. The number of rotatable bonds is 9. The zero-order valence-electron chi connectivity index (χ0n) is 18.5. The van der Waals surface area contributed by atoms with Gasteiger partial charge < -0.3 is 14.7 Å². The van der Waals surface area contributed by atoms with Crippen molar-refractivity contribution in [3.05, 3.63) is 60.4 Å². The molecule has 0 amide bonds. The number of hydrogen-bond donors (Lipinski definition) is 1. The number of nitro groups is 1. The Morgan fingerprint density at radius 3 is 2.49 bits per heavy atom. The van der Waals surface area contributed by atoms with Crippen LogP contribution in [0.5, 0.6) is 5.88 Å². The number of guanidine groups is 1. The maximum atomic E-state index is 10.3. The summed E-state index contributed by atoms with van der Waals surface area (Å²) in [6.45, 7) is 3.21. The summed E-state index contributed by atoms with van der Waals surface area (Å²) in [5.41, 5.74) is 0.925. The van der Waals surface area contributed by atoms with Crippen LogP contribution in [0, 0.1) is 10.1 Å². The highest BCUT2D eigenvalue weighted by Gasteiger charge is 2.24. The average Bonchev–Trinajstić information content (AvgIpc) is 3.20. The Bertz CT molecular complexity index is 1090. The lowest BCUT2D eigenvalue weighted by Gasteiger charge is -2.20. The largest absolute Gasteiger partial charge is 0.404 e. The van der Waals surface area contributed by atoms with Gasteiger partial charge in [-0.05, 0) is 31.5 Å². The number of nitrogens with zero attached hydrogens (tertiary/aromatic N) is 5. The molecule has 3 rings (SSSR count). The van der Waals surface area contributed by atoms with Gasteiger partial charge >= 0.3 is 6.72 Å². The number of aromatic nitrogens is 2. The highest BCUT2D eigenvalue weighted by atomic mass is 35.5. The van der Waals surface area contributed by atoms with Crippen molar-refractivity contribution in [2.24, 2.45) is 5.10 Å². The number of pyridine rings is 2. The van der Waals surface area contributed by atoms with Gasteiger partial charge in [-0.2, -0.15) is 4.98 Å². The van der Waals surface area contributed by atoms with Crippen LogP contribution in [0.1, 0.15) is 19.4 Å². The second kappa shape index (κ2) is 14.3. The summed E-state index contributed by atoms with van der Waals surface area (Å²) < 4.78 is 16.1. The molecule has 17 heteroatoms. The van der Waals surface area contributed by atoms with Gasteiger partial charge in [-0.1, -0.05) is 52.5 Å². The Balaban J connectivity index is 0.000000247. The quantitative estimate of drug-likeness (QED) is 0.172. The third kappa shape index (κ3) is 9.82. The maximum absolute atomic E-state index is 10.3. The molecule has 0 aliphatic carbocycles. The normalized spacial score (nSPS) is 14.3. The second-order valence-corrected chi connectivity index (χ2v) is 10.9. The van der Waals surface area contributed by atoms with Crippen molar-refractivity contribution in [3.63, 3.8) is 0 Å². The Morgan fingerprint density at radius 1 is 1.23 bits per heavy atom. The first-order valence-electron chi connectivity index (χ1n) is 9.99. The smallest absolute Gasteiger partial charge is 0.381 e. The number of hydrazone groups is 1. The summed E-state index contributed by atoms with van der Waals surface area (Å²) in [4.78, 5) is 20.0. The van der Waals surface area contributed by atoms with Crippen molar-refractivity contribution in [1.82, 2.24) is 20.2 Å². The summed E-state index contributed by atoms with van der Waals surface area (Å²) in [6.07, 6.45) is 1.64. The van der Waals surface area contributed by atoms with Crippen LogP contribution in [0.25, 0.3) is 0 Å². The van der Waals surface area contributed by atoms with Crippen LogP contribution >= 0.6 is 53.1 Å². The summed E-state index contributed by atoms with van der Waals surface area (Å²) in [5, 5.41) is 16.7. The van der Waals surface area contributed by atoms with Crippen molar-refractivity contribution in [2.45, 2.75) is 20.4 Å². The predicted molar refractivity (Wildman–Crippen MR) is 140 cm³/mol. The van der Waals surface area contributed by atoms with Crippen LogP contribution in [0.15, 0.2) is 29.5 Å². The van der Waals surface area contributed by atoms with Crippen LogP contribution < -0.4 is 9.84 Å². The molecular weight excluding hydrogens is 585 g/mol. The molecule has 0 spiro atoms. The van der Waals surface area contributed by atoms with Gasteiger partial charge in [0.05, 0.1) is 18.2 Å². The summed E-state index contributed by atoms with van der Waals surface area (Å²) in [6, 6.07) is 4.94. The summed E-state index contributed by atoms with van der Waals surface area (Å²) in [7, 11) is 0. The minimum atomic E-state index is -2.92. The lowest BCUT2D eigenvalue weighted by atomic mass is 10.3. The Kier molecular flexibility index (Phi) is 12.1. The molecule has 3 heterocycles. The summed E-state index contributed by atoms with van der Waals surface area (Å²) in [5.74, 6) is 0.334. The molecule has 2 aromatic heterocycles. The van der Waals surface area contributed by atoms with E-state index in [1.165, 1.54) is 6.07 Å². The fraction of sp³-hybridized carbons (Fsp3) is 0.389. The first-order chi connectivity index (χ1) is 16.6. The van der Waals surface area contributed by atoms with Crippen LogP contribution in [-0.2, 0) is 27.4 Å². The molecule has 2 aromatic rings. The molecule has 0 radical (unpaired) electrons. The van der Waals surface area contributed by atoms with E-state index in [1.54, 1.807) is 31.0 Å². The Hall–Kier alpha value is -1.50. The molecule has 11 nitrogen and oxygen atoms in total. The topological polar surface area (TPSA) is 124 Å². The fourth-order valence-electron chi connectivity index (χ4n) is 2.58. The SMILES string of the molecule is CCOP(=S)(OCC)Oc1nc(Cl)c(Cl)cc1Cl.O=[N+]([O-])/N=C1\NCCN1Cc1ccc(Cl)nc1. The Labute approximate surface area is 227 Å². The van der Waals surface area contributed by atoms with Gasteiger partial charge in [-0.15, -0.1) is 0 Å². The summed E-state index contributed by atoms with van der Waals surface area (Å²) >= 11 is 28.4. The van der Waals surface area contributed by atoms with Crippen molar-refractivity contribution in [1.29, 1.82) is 0 Å². The van der Waals surface area contributed by atoms with E-state index in [2.05, 4.69) is 20.4 Å². The first-order valence-corrected chi connectivity index (χ1v) is 14.1. The van der Waals surface area contributed by atoms with Crippen LogP contribution in [0.2, 0.25) is 20.4 Å². The Morgan fingerprint density at radius 2 is 1.91 bits per heavy atom. The van der Waals surface area contributed by atoms with E-state index in [4.69, 9.17) is 71.8 Å². The molecule has 192 valence electrons. The molecule has 0 saturated carbocycles. The lowest BCUT2D eigenvalue weighted by molar-refractivity contribution is -0.485. The van der Waals surface area contributed by atoms with Gasteiger partial charge in [0.25, 0.3) is 5.96 Å². The van der Waals surface area contributed by atoms with E-state index in [9.17, 15) is 10.1 Å². The molecule has 1 aliphatic heterocycles. The van der Waals surface area contributed by atoms with Crippen molar-refractivity contribution in [2.75, 3.05) is 26.3 Å². The molecule has 1 saturated heterocycles. The number of hydrogen-bond acceptors (Lipinski definition) is 8. The molecule has 0 atom stereocenters. The van der Waals surface area contributed by atoms with Crippen molar-refractivity contribution < 1.29 is 18.6 Å². The lowest BCUT2D eigenvalue weighted by Crippen LogP contribution is -2.30. The van der Waals surface area contributed by atoms with Crippen molar-refractivity contribution >= 4 is 70.9 Å². The molecule has 1 fully saturated rings. The third-order valence-electron chi connectivity index (χ3n) is 3.93. The molecular formula is C18H21Cl4N6O5PS. The van der Waals surface area contributed by atoms with E-state index < -0.39 is 11.8 Å². The van der Waals surface area contributed by atoms with E-state index in [0.29, 0.717) is 38.0 Å². The molecule has 1 aliphatic rings. The zero-order valence-corrected chi connectivity index (χ0v) is 23.2. The minimum absolute atomic E-state index is 0.0521. The maximum Gasteiger partial charge on any atom is 0.381 e. The van der Waals surface area contributed by atoms with E-state index in [1.807, 2.05) is 6.07 Å². The molecule has 1 N–H and O–H groups in total. The average molecular weight is 606 g/mol. The van der Waals surface area contributed by atoms with Crippen LogP contribution in [0.3, 0.4) is 0 Å². The van der Waals surface area contributed by atoms with Gasteiger partial charge in [-0.25, -0.2) is 15.1 Å². The zero-order chi connectivity index (χ0) is 26.0. The molecule has 0 bridgehead atoms. The predicted octanol–water partition coefficient (Wildman–Crippen LogP) is 5.41. The first kappa shape index (κ1) is 29.7. The van der Waals surface area contributed by atoms with Gasteiger partial charge in [0.15, 0.2) is 10.2 Å². The highest BCUT2D eigenvalue weighted by molar-refractivity contribution is 8.07. The molecule has 0 unspecified atom stereocenters. The fourth-order valence-corrected chi connectivity index (χ4v) is 5.28. The van der Waals surface area contributed by atoms with Crippen LogP contribution in [0.4, 0.5) is 0 Å². The monoisotopic (exact) mass is 604 g/mol. The van der Waals surface area contributed by atoms with Gasteiger partial charge in [0.1, 0.15) is 15.3 Å². The van der Waals surface area contributed by atoms with Crippen molar-refractivity contribution in [3.8, 4) is 5.88 Å². The standard InChI is InChI=1S/C9H11Cl3NO3PS.C9H10ClN5O2/c1-3-14-17(18,15-4-2)16-9-7(11)5-6(10)8(12)13-9;10-8-2-1-7(5-12-8)6-14-4-3-11-9(14)13-15(16)17/h5H,3-4H2,1-2H3;1-2,5H,3-4,6H2,(H,11,13). The highest BCUT2D eigenvalue weighted by Crippen LogP contribution is 2.51. The van der Waals surface area contributed by atoms with Gasteiger partial charge in [0.2, 0.25) is 5.88 Å². The third-order valence-corrected chi connectivity index (χ3v) is 7.50. The number of nitrogens with one attached hydrogen (secondary N) is 1.